The highest BCUT2D eigenvalue weighted by Crippen LogP contribution is 2.42. The largest absolute Gasteiger partial charge is 0.513 e. The van der Waals surface area contributed by atoms with Crippen LogP contribution >= 0.6 is 0 Å². The predicted molar refractivity (Wildman–Crippen MR) is 214 cm³/mol. The van der Waals surface area contributed by atoms with Crippen molar-refractivity contribution >= 4 is 22.8 Å². The van der Waals surface area contributed by atoms with Crippen LogP contribution in [0.1, 0.15) is 87.5 Å². The molecule has 2 unspecified atom stereocenters. The number of nitrogens with one attached hydrogen (secondary N) is 1. The summed E-state index contributed by atoms with van der Waals surface area (Å²) in [6, 6.07) is 25.7. The van der Waals surface area contributed by atoms with E-state index in [0.717, 1.165) is 52.2 Å². The molecule has 0 bridgehead atoms. The van der Waals surface area contributed by atoms with E-state index in [-0.39, 0.29) is 17.7 Å². The number of para-hydroxylation sites is 2. The number of likely N-dealkylation sites (N-methyl/N-ethyl adjacent to an activating group) is 1. The average molecular weight is 665 g/mol. The minimum absolute atomic E-state index is 0.0612. The van der Waals surface area contributed by atoms with Crippen molar-refractivity contribution in [2.75, 3.05) is 23.8 Å². The number of aliphatic hydroxyl groups excluding tert-OH is 1. The Hall–Kier alpha value is -5.16. The maximum absolute atomic E-state index is 9.82. The molecule has 4 aromatic rings. The highest BCUT2D eigenvalue weighted by molar-refractivity contribution is 6.10. The Balaban J connectivity index is 1.46. The van der Waals surface area contributed by atoms with Crippen LogP contribution in [-0.2, 0) is 0 Å². The molecule has 0 aliphatic carbocycles. The molecule has 5 nitrogen and oxygen atoms in total. The maximum Gasteiger partial charge on any atom is 0.0894 e. The van der Waals surface area contributed by atoms with Gasteiger partial charge in [0.2, 0.25) is 0 Å². The molecule has 258 valence electrons. The van der Waals surface area contributed by atoms with Gasteiger partial charge in [-0.15, -0.1) is 0 Å². The van der Waals surface area contributed by atoms with Crippen molar-refractivity contribution in [3.63, 3.8) is 0 Å². The van der Waals surface area contributed by atoms with Gasteiger partial charge in [-0.3, -0.25) is 9.98 Å². The first-order valence-corrected chi connectivity index (χ1v) is 17.7. The zero-order valence-electron chi connectivity index (χ0n) is 30.6. The average Bonchev–Trinajstić information content (AvgIpc) is 3.10. The molecule has 50 heavy (non-hydrogen) atoms. The fourth-order valence-corrected chi connectivity index (χ4v) is 7.05. The van der Waals surface area contributed by atoms with E-state index in [1.54, 1.807) is 13.0 Å². The fourth-order valence-electron chi connectivity index (χ4n) is 7.05. The summed E-state index contributed by atoms with van der Waals surface area (Å²) in [4.78, 5) is 12.0. The van der Waals surface area contributed by atoms with Crippen LogP contribution in [0.4, 0.5) is 17.1 Å². The third kappa shape index (κ3) is 8.16. The molecule has 0 radical (unpaired) electrons. The first kappa shape index (κ1) is 36.1. The highest BCUT2D eigenvalue weighted by atomic mass is 16.3. The van der Waals surface area contributed by atoms with E-state index < -0.39 is 0 Å². The summed E-state index contributed by atoms with van der Waals surface area (Å²) in [5, 5.41) is 13.7. The topological polar surface area (TPSA) is 60.8 Å². The van der Waals surface area contributed by atoms with Gasteiger partial charge >= 0.3 is 0 Å². The van der Waals surface area contributed by atoms with Crippen molar-refractivity contribution in [3.8, 4) is 11.1 Å². The lowest BCUT2D eigenvalue weighted by atomic mass is 9.79. The summed E-state index contributed by atoms with van der Waals surface area (Å²) in [5.74, 6) is 0.976. The molecule has 1 aliphatic heterocycles. The second-order valence-corrected chi connectivity index (χ2v) is 14.1. The smallest absolute Gasteiger partial charge is 0.0894 e. The summed E-state index contributed by atoms with van der Waals surface area (Å²) < 4.78 is 0. The predicted octanol–water partition coefficient (Wildman–Crippen LogP) is 11.7. The Morgan fingerprint density at radius 1 is 0.940 bits per heavy atom. The van der Waals surface area contributed by atoms with Crippen LogP contribution in [0.15, 0.2) is 139 Å². The molecule has 2 N–H and O–H groups in total. The molecule has 0 spiro atoms. The zero-order chi connectivity index (χ0) is 35.9. The summed E-state index contributed by atoms with van der Waals surface area (Å²) in [5.41, 5.74) is 13.4. The van der Waals surface area contributed by atoms with E-state index in [2.05, 4.69) is 136 Å². The fraction of sp³-hybridized carbons (Fsp3) is 0.289. The standard InChI is InChI=1S/C45H52N4O/c1-10-41-36-22-23-46-27-40(36)37(21-20-31(6)24-33(8)50)44(47-41)32(7)28-49(9)43-19-15-14-18-42(43)48-45-38(29(2)3)25-35(26-39(45)30(4)5)34-16-12-11-13-17-34/h10-19,22-27,29-30,37,44,48,50H,1,6-7,20-21,28H2,2-5,8-9H3/b33-24+. The first-order valence-electron chi connectivity index (χ1n) is 17.7. The summed E-state index contributed by atoms with van der Waals surface area (Å²) >= 11 is 0. The molecule has 0 saturated heterocycles. The van der Waals surface area contributed by atoms with Crippen LogP contribution in [0.5, 0.6) is 0 Å². The maximum atomic E-state index is 9.82. The van der Waals surface area contributed by atoms with E-state index in [9.17, 15) is 5.11 Å². The van der Waals surface area contributed by atoms with E-state index in [4.69, 9.17) is 4.99 Å². The van der Waals surface area contributed by atoms with Gasteiger partial charge in [-0.25, -0.2) is 0 Å². The number of aromatic nitrogens is 1. The molecular weight excluding hydrogens is 613 g/mol. The Bertz CT molecular complexity index is 1880. The van der Waals surface area contributed by atoms with Gasteiger partial charge in [0.1, 0.15) is 0 Å². The molecular formula is C45H52N4O. The summed E-state index contributed by atoms with van der Waals surface area (Å²) in [6.07, 6.45) is 8.85. The second kappa shape index (κ2) is 16.0. The number of pyridine rings is 1. The van der Waals surface area contributed by atoms with Gasteiger partial charge in [0.15, 0.2) is 0 Å². The number of aliphatic hydroxyl groups is 1. The molecule has 5 rings (SSSR count). The van der Waals surface area contributed by atoms with Crippen molar-refractivity contribution in [1.82, 2.24) is 4.98 Å². The van der Waals surface area contributed by atoms with Gasteiger partial charge < -0.3 is 15.3 Å². The van der Waals surface area contributed by atoms with Crippen LogP contribution in [0.25, 0.3) is 11.1 Å². The van der Waals surface area contributed by atoms with Gasteiger partial charge in [0, 0.05) is 43.2 Å². The number of aliphatic imine (C=N–C) groups is 1. The molecule has 3 aromatic carbocycles. The molecule has 1 aromatic heterocycles. The lowest BCUT2D eigenvalue weighted by Gasteiger charge is -2.34. The van der Waals surface area contributed by atoms with E-state index in [1.807, 2.05) is 24.5 Å². The Morgan fingerprint density at radius 3 is 2.24 bits per heavy atom. The zero-order valence-corrected chi connectivity index (χ0v) is 30.6. The molecule has 0 fully saturated rings. The number of rotatable bonds is 14. The number of allylic oxidation sites excluding steroid dienone is 4. The van der Waals surface area contributed by atoms with Crippen LogP contribution in [-0.4, -0.2) is 35.4 Å². The van der Waals surface area contributed by atoms with E-state index in [1.165, 1.54) is 27.9 Å². The van der Waals surface area contributed by atoms with Gasteiger partial charge in [0.25, 0.3) is 0 Å². The van der Waals surface area contributed by atoms with Crippen molar-refractivity contribution < 1.29 is 5.11 Å². The Labute approximate surface area is 299 Å². The number of fused-ring (bicyclic) bond motifs is 1. The van der Waals surface area contributed by atoms with E-state index >= 15 is 0 Å². The molecule has 0 saturated carbocycles. The SMILES string of the molecule is C=CC1=NC(C(=C)CN(C)c2ccccc2Nc2c(C(C)C)cc(-c3ccccc3)cc2C(C)C)C(CCC(=C)/C=C(\C)O)c2cnccc21. The monoisotopic (exact) mass is 664 g/mol. The number of anilines is 3. The van der Waals surface area contributed by atoms with Crippen molar-refractivity contribution in [2.24, 2.45) is 4.99 Å². The molecule has 1 aliphatic rings. The lowest BCUT2D eigenvalue weighted by Crippen LogP contribution is -2.32. The number of benzene rings is 3. The Morgan fingerprint density at radius 2 is 1.60 bits per heavy atom. The molecule has 5 heteroatoms. The third-order valence-electron chi connectivity index (χ3n) is 9.55. The molecule has 0 amide bonds. The summed E-state index contributed by atoms with van der Waals surface area (Å²) in [7, 11) is 2.12. The first-order chi connectivity index (χ1) is 24.0. The van der Waals surface area contributed by atoms with Crippen LogP contribution in [0.3, 0.4) is 0 Å². The van der Waals surface area contributed by atoms with Gasteiger partial charge in [-0.2, -0.15) is 0 Å². The van der Waals surface area contributed by atoms with E-state index in [0.29, 0.717) is 18.4 Å². The molecule has 2 heterocycles. The van der Waals surface area contributed by atoms with Gasteiger partial charge in [-0.05, 0) is 107 Å². The van der Waals surface area contributed by atoms with Crippen molar-refractivity contribution in [3.05, 3.63) is 156 Å². The number of hydrogen-bond acceptors (Lipinski definition) is 5. The van der Waals surface area contributed by atoms with Crippen LogP contribution in [0, 0.1) is 0 Å². The lowest BCUT2D eigenvalue weighted by molar-refractivity contribution is 0.413. The van der Waals surface area contributed by atoms with Crippen LogP contribution < -0.4 is 10.2 Å². The van der Waals surface area contributed by atoms with Crippen molar-refractivity contribution in [2.45, 2.75) is 71.3 Å². The highest BCUT2D eigenvalue weighted by Gasteiger charge is 2.32. The number of nitrogens with zero attached hydrogens (tertiary/aromatic N) is 3. The van der Waals surface area contributed by atoms with Gasteiger partial charge in [0.05, 0.1) is 28.9 Å². The molecule has 2 atom stereocenters. The Kier molecular flexibility index (Phi) is 11.6. The van der Waals surface area contributed by atoms with Crippen molar-refractivity contribution in [1.29, 1.82) is 0 Å². The van der Waals surface area contributed by atoms with Gasteiger partial charge in [-0.1, -0.05) is 95.5 Å². The minimum atomic E-state index is -0.167. The van der Waals surface area contributed by atoms with Crippen LogP contribution in [0.2, 0.25) is 0 Å². The quantitative estimate of drug-likeness (QED) is 0.0800. The number of hydrogen-bond donors (Lipinski definition) is 2. The second-order valence-electron chi connectivity index (χ2n) is 14.1. The minimum Gasteiger partial charge on any atom is -0.513 e. The summed E-state index contributed by atoms with van der Waals surface area (Å²) in [6.45, 7) is 24.3. The normalized spacial score (nSPS) is 15.8. The third-order valence-corrected chi connectivity index (χ3v) is 9.55.